The third kappa shape index (κ3) is 4.71. The van der Waals surface area contributed by atoms with Crippen LogP contribution in [0.5, 0.6) is 11.5 Å². The van der Waals surface area contributed by atoms with Gasteiger partial charge in [-0.3, -0.25) is 4.79 Å². The molecular formula is C18H20FNO3. The summed E-state index contributed by atoms with van der Waals surface area (Å²) in [6, 6.07) is 11.5. The van der Waals surface area contributed by atoms with Crippen molar-refractivity contribution in [1.29, 1.82) is 0 Å². The average Bonchev–Trinajstić information content (AvgIpc) is 2.55. The number of rotatable bonds is 6. The van der Waals surface area contributed by atoms with Crippen molar-refractivity contribution in [2.24, 2.45) is 0 Å². The minimum Gasteiger partial charge on any atom is -0.493 e. The highest BCUT2D eigenvalue weighted by atomic mass is 19.1. The quantitative estimate of drug-likeness (QED) is 0.890. The number of methoxy groups -OCH3 is 1. The fourth-order valence-corrected chi connectivity index (χ4v) is 2.05. The van der Waals surface area contributed by atoms with Gasteiger partial charge >= 0.3 is 0 Å². The monoisotopic (exact) mass is 317 g/mol. The van der Waals surface area contributed by atoms with Crippen LogP contribution < -0.4 is 14.8 Å². The SMILES string of the molecule is COc1cc(C)ccc1O[C@@H](C)C(=O)NCc1ccc(F)cc1. The van der Waals surface area contributed by atoms with Crippen LogP contribution in [0.4, 0.5) is 4.39 Å². The molecule has 0 fully saturated rings. The number of hydrogen-bond acceptors (Lipinski definition) is 3. The Labute approximate surface area is 135 Å². The molecular weight excluding hydrogens is 297 g/mol. The maximum atomic E-state index is 12.8. The standard InChI is InChI=1S/C18H20FNO3/c1-12-4-9-16(17(10-12)22-3)23-13(2)18(21)20-11-14-5-7-15(19)8-6-14/h4-10,13H,11H2,1-3H3,(H,20,21)/t13-/m0/s1. The predicted octanol–water partition coefficient (Wildman–Crippen LogP) is 3.23. The van der Waals surface area contributed by atoms with Crippen LogP contribution in [0.3, 0.4) is 0 Å². The lowest BCUT2D eigenvalue weighted by Gasteiger charge is -2.17. The van der Waals surface area contributed by atoms with E-state index in [0.29, 0.717) is 18.0 Å². The Kier molecular flexibility index (Phi) is 5.57. The summed E-state index contributed by atoms with van der Waals surface area (Å²) in [7, 11) is 1.56. The number of nitrogens with one attached hydrogen (secondary N) is 1. The lowest BCUT2D eigenvalue weighted by atomic mass is 10.2. The fourth-order valence-electron chi connectivity index (χ4n) is 2.05. The predicted molar refractivity (Wildman–Crippen MR) is 86.1 cm³/mol. The van der Waals surface area contributed by atoms with Crippen LogP contribution in [0, 0.1) is 12.7 Å². The number of aryl methyl sites for hydroxylation is 1. The van der Waals surface area contributed by atoms with Gasteiger partial charge in [-0.25, -0.2) is 4.39 Å². The highest BCUT2D eigenvalue weighted by Crippen LogP contribution is 2.28. The molecule has 1 atom stereocenters. The maximum Gasteiger partial charge on any atom is 0.261 e. The van der Waals surface area contributed by atoms with Crippen molar-refractivity contribution in [2.45, 2.75) is 26.5 Å². The van der Waals surface area contributed by atoms with E-state index in [2.05, 4.69) is 5.32 Å². The number of ether oxygens (including phenoxy) is 2. The molecule has 0 radical (unpaired) electrons. The second kappa shape index (κ2) is 7.63. The van der Waals surface area contributed by atoms with Gasteiger partial charge < -0.3 is 14.8 Å². The van der Waals surface area contributed by atoms with Gasteiger partial charge in [-0.15, -0.1) is 0 Å². The van der Waals surface area contributed by atoms with Crippen LogP contribution in [0.1, 0.15) is 18.1 Å². The van der Waals surface area contributed by atoms with E-state index in [9.17, 15) is 9.18 Å². The molecule has 122 valence electrons. The van der Waals surface area contributed by atoms with Crippen molar-refractivity contribution in [3.8, 4) is 11.5 Å². The molecule has 0 spiro atoms. The summed E-state index contributed by atoms with van der Waals surface area (Å²) in [5.41, 5.74) is 1.86. The van der Waals surface area contributed by atoms with Crippen molar-refractivity contribution in [3.63, 3.8) is 0 Å². The van der Waals surface area contributed by atoms with Crippen LogP contribution in [0.2, 0.25) is 0 Å². The molecule has 0 heterocycles. The van der Waals surface area contributed by atoms with Crippen LogP contribution in [-0.2, 0) is 11.3 Å². The zero-order valence-electron chi connectivity index (χ0n) is 13.4. The zero-order valence-corrected chi connectivity index (χ0v) is 13.4. The molecule has 0 aliphatic heterocycles. The summed E-state index contributed by atoms with van der Waals surface area (Å²) in [5.74, 6) is 0.547. The molecule has 0 aliphatic rings. The number of amides is 1. The van der Waals surface area contributed by atoms with Gasteiger partial charge in [0.15, 0.2) is 17.6 Å². The van der Waals surface area contributed by atoms with E-state index in [1.165, 1.54) is 12.1 Å². The summed E-state index contributed by atoms with van der Waals surface area (Å²) in [6.07, 6.45) is -0.674. The molecule has 1 N–H and O–H groups in total. The number of benzene rings is 2. The van der Waals surface area contributed by atoms with Gasteiger partial charge in [0.1, 0.15) is 5.82 Å². The average molecular weight is 317 g/mol. The highest BCUT2D eigenvalue weighted by molar-refractivity contribution is 5.80. The molecule has 5 heteroatoms. The van der Waals surface area contributed by atoms with Gasteiger partial charge in [0, 0.05) is 6.54 Å². The summed E-state index contributed by atoms with van der Waals surface area (Å²) in [5, 5.41) is 2.76. The number of hydrogen-bond donors (Lipinski definition) is 1. The smallest absolute Gasteiger partial charge is 0.261 e. The van der Waals surface area contributed by atoms with Crippen LogP contribution in [0.15, 0.2) is 42.5 Å². The molecule has 0 aromatic heterocycles. The molecule has 0 unspecified atom stereocenters. The maximum absolute atomic E-state index is 12.8. The Balaban J connectivity index is 1.93. The van der Waals surface area contributed by atoms with E-state index >= 15 is 0 Å². The van der Waals surface area contributed by atoms with E-state index in [1.807, 2.05) is 19.1 Å². The molecule has 2 aromatic rings. The molecule has 4 nitrogen and oxygen atoms in total. The van der Waals surface area contributed by atoms with Crippen molar-refractivity contribution < 1.29 is 18.7 Å². The lowest BCUT2D eigenvalue weighted by molar-refractivity contribution is -0.127. The van der Waals surface area contributed by atoms with Gasteiger partial charge in [-0.1, -0.05) is 18.2 Å². The van der Waals surface area contributed by atoms with Crippen molar-refractivity contribution in [2.75, 3.05) is 7.11 Å². The van der Waals surface area contributed by atoms with Crippen LogP contribution in [-0.4, -0.2) is 19.1 Å². The van der Waals surface area contributed by atoms with Gasteiger partial charge in [-0.05, 0) is 49.2 Å². The molecule has 0 saturated heterocycles. The topological polar surface area (TPSA) is 47.6 Å². The van der Waals surface area contributed by atoms with Crippen molar-refractivity contribution >= 4 is 5.91 Å². The lowest BCUT2D eigenvalue weighted by Crippen LogP contribution is -2.35. The fraction of sp³-hybridized carbons (Fsp3) is 0.278. The number of carbonyl (C=O) groups is 1. The summed E-state index contributed by atoms with van der Waals surface area (Å²) in [6.45, 7) is 3.93. The molecule has 2 aromatic carbocycles. The van der Waals surface area contributed by atoms with Gasteiger partial charge in [0.05, 0.1) is 7.11 Å². The Morgan fingerprint density at radius 3 is 2.52 bits per heavy atom. The first kappa shape index (κ1) is 16.8. The second-order valence-corrected chi connectivity index (χ2v) is 5.26. The number of halogens is 1. The largest absolute Gasteiger partial charge is 0.493 e. The highest BCUT2D eigenvalue weighted by Gasteiger charge is 2.16. The Morgan fingerprint density at radius 1 is 1.17 bits per heavy atom. The normalized spacial score (nSPS) is 11.7. The third-order valence-corrected chi connectivity index (χ3v) is 3.37. The van der Waals surface area contributed by atoms with Gasteiger partial charge in [0.25, 0.3) is 5.91 Å². The molecule has 23 heavy (non-hydrogen) atoms. The first-order valence-electron chi connectivity index (χ1n) is 7.33. The molecule has 2 rings (SSSR count). The third-order valence-electron chi connectivity index (χ3n) is 3.37. The van der Waals surface area contributed by atoms with E-state index in [4.69, 9.17) is 9.47 Å². The van der Waals surface area contributed by atoms with E-state index < -0.39 is 6.10 Å². The van der Waals surface area contributed by atoms with Gasteiger partial charge in [-0.2, -0.15) is 0 Å². The summed E-state index contributed by atoms with van der Waals surface area (Å²) < 4.78 is 23.8. The van der Waals surface area contributed by atoms with Crippen LogP contribution in [0.25, 0.3) is 0 Å². The minimum absolute atomic E-state index is 0.253. The molecule has 0 bridgehead atoms. The zero-order chi connectivity index (χ0) is 16.8. The first-order valence-corrected chi connectivity index (χ1v) is 7.33. The van der Waals surface area contributed by atoms with E-state index in [-0.39, 0.29) is 11.7 Å². The molecule has 0 saturated carbocycles. The Hall–Kier alpha value is -2.56. The Bertz CT molecular complexity index is 670. The Morgan fingerprint density at radius 2 is 1.87 bits per heavy atom. The van der Waals surface area contributed by atoms with E-state index in [0.717, 1.165) is 11.1 Å². The second-order valence-electron chi connectivity index (χ2n) is 5.26. The van der Waals surface area contributed by atoms with Crippen molar-refractivity contribution in [3.05, 3.63) is 59.4 Å². The number of carbonyl (C=O) groups excluding carboxylic acids is 1. The molecule has 1 amide bonds. The van der Waals surface area contributed by atoms with Gasteiger partial charge in [0.2, 0.25) is 0 Å². The minimum atomic E-state index is -0.674. The van der Waals surface area contributed by atoms with Crippen LogP contribution >= 0.6 is 0 Å². The summed E-state index contributed by atoms with van der Waals surface area (Å²) in [4.78, 5) is 12.1. The molecule has 0 aliphatic carbocycles. The van der Waals surface area contributed by atoms with E-state index in [1.54, 1.807) is 32.2 Å². The first-order chi connectivity index (χ1) is 11.0. The summed E-state index contributed by atoms with van der Waals surface area (Å²) >= 11 is 0. The van der Waals surface area contributed by atoms with Crippen molar-refractivity contribution in [1.82, 2.24) is 5.32 Å².